The molecule has 0 aliphatic carbocycles. The van der Waals surface area contributed by atoms with Gasteiger partial charge in [0.2, 0.25) is 0 Å². The highest BCUT2D eigenvalue weighted by Crippen LogP contribution is 2.13. The molecule has 0 spiro atoms. The van der Waals surface area contributed by atoms with Gasteiger partial charge in [-0.1, -0.05) is 46.3 Å². The van der Waals surface area contributed by atoms with E-state index in [0.29, 0.717) is 22.0 Å². The van der Waals surface area contributed by atoms with Crippen molar-refractivity contribution < 1.29 is 10.1 Å². The molecule has 0 saturated carbocycles. The number of halogens is 1. The summed E-state index contributed by atoms with van der Waals surface area (Å²) in [5, 5.41) is 25.9. The normalized spacial score (nSPS) is 11.7. The lowest BCUT2D eigenvalue weighted by Crippen LogP contribution is -2.23. The molecular weight excluding hydrogens is 358 g/mol. The molecule has 134 valence electrons. The largest absolute Gasteiger partial charge is 0.438 e. The fourth-order valence-electron chi connectivity index (χ4n) is 2.40. The monoisotopic (exact) mass is 373 g/mol. The van der Waals surface area contributed by atoms with E-state index in [1.54, 1.807) is 24.3 Å². The first-order chi connectivity index (χ1) is 12.5. The van der Waals surface area contributed by atoms with Crippen LogP contribution in [0.2, 0.25) is 5.02 Å². The van der Waals surface area contributed by atoms with Crippen LogP contribution < -0.4 is 5.49 Å². The Bertz CT molecular complexity index is 991. The van der Waals surface area contributed by atoms with Gasteiger partial charge < -0.3 is 15.3 Å². The van der Waals surface area contributed by atoms with Crippen molar-refractivity contribution in [2.75, 3.05) is 6.54 Å². The molecule has 1 N–H and O–H groups in total. The average Bonchev–Trinajstić information content (AvgIpc) is 2.95. The first-order valence-corrected chi connectivity index (χ1v) is 8.21. The van der Waals surface area contributed by atoms with Gasteiger partial charge in [0.1, 0.15) is 5.69 Å². The van der Waals surface area contributed by atoms with Crippen LogP contribution in [-0.2, 0) is 6.42 Å². The Morgan fingerprint density at radius 1 is 1.19 bits per heavy atom. The maximum atomic E-state index is 11.3. The summed E-state index contributed by atoms with van der Waals surface area (Å²) in [5.74, 6) is -0.522. The molecule has 3 aromatic rings. The molecule has 1 aromatic heterocycles. The van der Waals surface area contributed by atoms with Crippen LogP contribution in [0, 0.1) is 17.0 Å². The number of nitrogens with zero attached hydrogens (tertiary/aromatic N) is 5. The van der Waals surface area contributed by atoms with Crippen molar-refractivity contribution in [2.24, 2.45) is 4.99 Å². The van der Waals surface area contributed by atoms with E-state index in [1.807, 2.05) is 31.2 Å². The van der Waals surface area contributed by atoms with Gasteiger partial charge >= 0.3 is 5.82 Å². The minimum Gasteiger partial charge on any atom is -0.409 e. The number of aryl methyl sites for hydroxylation is 1. The van der Waals surface area contributed by atoms with E-state index in [-0.39, 0.29) is 12.0 Å². The quantitative estimate of drug-likeness (QED) is 0.422. The van der Waals surface area contributed by atoms with Crippen molar-refractivity contribution in [3.05, 3.63) is 80.3 Å². The Morgan fingerprint density at radius 2 is 1.85 bits per heavy atom. The Hall–Kier alpha value is -3.13. The summed E-state index contributed by atoms with van der Waals surface area (Å²) >= 11 is 5.84. The number of rotatable bonds is 5. The molecule has 0 aliphatic heterocycles. The van der Waals surface area contributed by atoms with Crippen LogP contribution in [0.5, 0.6) is 0 Å². The van der Waals surface area contributed by atoms with E-state index >= 15 is 0 Å². The lowest BCUT2D eigenvalue weighted by molar-refractivity contribution is -0.391. The fraction of sp³-hybridized carbons (Fsp3) is 0.176. The number of aromatic nitrogens is 3. The molecule has 0 unspecified atom stereocenters. The Labute approximate surface area is 153 Å². The summed E-state index contributed by atoms with van der Waals surface area (Å²) in [5.41, 5.74) is 2.41. The van der Waals surface area contributed by atoms with Gasteiger partial charge in [0.05, 0.1) is 5.10 Å². The lowest BCUT2D eigenvalue weighted by atomic mass is 10.1. The van der Waals surface area contributed by atoms with E-state index in [2.05, 4.69) is 10.1 Å². The molecule has 3 rings (SSSR count). The van der Waals surface area contributed by atoms with Gasteiger partial charge in [0.15, 0.2) is 0 Å². The molecule has 26 heavy (non-hydrogen) atoms. The van der Waals surface area contributed by atoms with Crippen LogP contribution in [0.15, 0.2) is 53.5 Å². The first kappa shape index (κ1) is 17.7. The second-order valence-electron chi connectivity index (χ2n) is 5.68. The molecule has 0 bridgehead atoms. The number of hydrogen-bond acceptors (Lipinski definition) is 5. The van der Waals surface area contributed by atoms with Gasteiger partial charge in [0, 0.05) is 11.6 Å². The predicted octanol–water partition coefficient (Wildman–Crippen LogP) is 2.92. The summed E-state index contributed by atoms with van der Waals surface area (Å²) in [7, 11) is 0. The summed E-state index contributed by atoms with van der Waals surface area (Å²) in [4.78, 5) is 16.3. The molecule has 0 radical (unpaired) electrons. The lowest BCUT2D eigenvalue weighted by Gasteiger charge is -2.00. The van der Waals surface area contributed by atoms with E-state index < -0.39 is 10.7 Å². The Kier molecular flexibility index (Phi) is 5.04. The highest BCUT2D eigenvalue weighted by Gasteiger charge is 2.23. The van der Waals surface area contributed by atoms with Gasteiger partial charge in [-0.25, -0.2) is 0 Å². The maximum Gasteiger partial charge on any atom is 0.438 e. The summed E-state index contributed by atoms with van der Waals surface area (Å²) < 4.78 is 0. The zero-order valence-electron chi connectivity index (χ0n) is 13.9. The van der Waals surface area contributed by atoms with Crippen molar-refractivity contribution in [3.8, 4) is 5.69 Å². The molecule has 1 heterocycles. The molecule has 9 heteroatoms. The third kappa shape index (κ3) is 3.75. The molecule has 0 fully saturated rings. The topological polar surface area (TPSA) is 98.5 Å². The van der Waals surface area contributed by atoms with Gasteiger partial charge in [-0.3, -0.25) is 4.99 Å². The van der Waals surface area contributed by atoms with Crippen molar-refractivity contribution >= 4 is 17.4 Å². The summed E-state index contributed by atoms with van der Waals surface area (Å²) in [6.45, 7) is 2.27. The molecule has 0 atom stereocenters. The number of benzene rings is 2. The number of nitro groups is 1. The van der Waals surface area contributed by atoms with E-state index in [1.165, 1.54) is 0 Å². The van der Waals surface area contributed by atoms with Gasteiger partial charge in [-0.2, -0.15) is 0 Å². The Balaban J connectivity index is 1.93. The summed E-state index contributed by atoms with van der Waals surface area (Å²) in [6.07, 6.45) is 0.587. The van der Waals surface area contributed by atoms with Crippen LogP contribution in [0.3, 0.4) is 0 Å². The minimum absolute atomic E-state index is 0.211. The highest BCUT2D eigenvalue weighted by molar-refractivity contribution is 6.30. The van der Waals surface area contributed by atoms with Gasteiger partial charge in [0.25, 0.3) is 5.49 Å². The molecular formula is C17H16ClN5O3. The SMILES string of the molecule is Cc1ccc(CCN=c2c([N+](=O)[O-])nn(-c3ccc(Cl)cc3)n2O)cc1. The smallest absolute Gasteiger partial charge is 0.409 e. The zero-order chi connectivity index (χ0) is 18.7. The summed E-state index contributed by atoms with van der Waals surface area (Å²) in [6, 6.07) is 14.3. The van der Waals surface area contributed by atoms with Crippen molar-refractivity contribution in [3.63, 3.8) is 0 Å². The van der Waals surface area contributed by atoms with E-state index in [0.717, 1.165) is 15.9 Å². The third-order valence-corrected chi connectivity index (χ3v) is 4.02. The standard InChI is InChI=1S/C17H16ClN5O3/c1-12-2-4-13(5-3-12)10-11-19-16-17(23(25)26)20-21(22(16)24)15-8-6-14(18)7-9-15/h2-9,24H,10-11H2,1H3. The van der Waals surface area contributed by atoms with Crippen LogP contribution in [-0.4, -0.2) is 31.4 Å². The van der Waals surface area contributed by atoms with Crippen LogP contribution in [0.4, 0.5) is 5.82 Å². The van der Waals surface area contributed by atoms with Crippen molar-refractivity contribution in [1.82, 2.24) is 14.7 Å². The van der Waals surface area contributed by atoms with E-state index in [4.69, 9.17) is 11.6 Å². The van der Waals surface area contributed by atoms with Gasteiger partial charge in [-0.15, -0.1) is 0 Å². The average molecular weight is 374 g/mol. The Morgan fingerprint density at radius 3 is 2.46 bits per heavy atom. The van der Waals surface area contributed by atoms with Crippen LogP contribution in [0.25, 0.3) is 5.69 Å². The van der Waals surface area contributed by atoms with Crippen LogP contribution >= 0.6 is 11.6 Å². The molecule has 0 aliphatic rings. The minimum atomic E-state index is -0.677. The molecule has 0 saturated heterocycles. The second-order valence-corrected chi connectivity index (χ2v) is 6.11. The number of hydrogen-bond donors (Lipinski definition) is 1. The zero-order valence-corrected chi connectivity index (χ0v) is 14.7. The second kappa shape index (κ2) is 7.40. The molecule has 8 nitrogen and oxygen atoms in total. The third-order valence-electron chi connectivity index (χ3n) is 3.77. The van der Waals surface area contributed by atoms with Crippen molar-refractivity contribution in [1.29, 1.82) is 0 Å². The van der Waals surface area contributed by atoms with E-state index in [9.17, 15) is 15.3 Å². The molecule has 2 aromatic carbocycles. The predicted molar refractivity (Wildman–Crippen MR) is 95.7 cm³/mol. The fourth-order valence-corrected chi connectivity index (χ4v) is 2.52. The van der Waals surface area contributed by atoms with Crippen molar-refractivity contribution in [2.45, 2.75) is 13.3 Å². The highest BCUT2D eigenvalue weighted by atomic mass is 35.5. The molecule has 0 amide bonds. The maximum absolute atomic E-state index is 11.3. The first-order valence-electron chi connectivity index (χ1n) is 7.83. The van der Waals surface area contributed by atoms with Crippen LogP contribution in [0.1, 0.15) is 11.1 Å². The van der Waals surface area contributed by atoms with Gasteiger partial charge in [-0.05, 0) is 52.9 Å².